The van der Waals surface area contributed by atoms with Crippen molar-refractivity contribution in [2.75, 3.05) is 6.61 Å². The maximum absolute atomic E-state index is 9.23. The molecule has 0 aromatic rings. The summed E-state index contributed by atoms with van der Waals surface area (Å²) in [6.07, 6.45) is 12.2. The van der Waals surface area contributed by atoms with Crippen molar-refractivity contribution in [2.24, 2.45) is 17.8 Å². The molecule has 1 rings (SSSR count). The van der Waals surface area contributed by atoms with Crippen molar-refractivity contribution in [1.29, 1.82) is 0 Å². The van der Waals surface area contributed by atoms with Crippen molar-refractivity contribution < 1.29 is 5.11 Å². The summed E-state index contributed by atoms with van der Waals surface area (Å²) >= 11 is 0. The predicted molar refractivity (Wildman–Crippen MR) is 70.5 cm³/mol. The van der Waals surface area contributed by atoms with E-state index in [0.29, 0.717) is 12.5 Å². The molecular formula is C15H30O. The van der Waals surface area contributed by atoms with E-state index in [1.54, 1.807) is 0 Å². The van der Waals surface area contributed by atoms with Crippen LogP contribution in [0.2, 0.25) is 0 Å². The molecular weight excluding hydrogens is 196 g/mol. The van der Waals surface area contributed by atoms with Gasteiger partial charge in [-0.05, 0) is 30.6 Å². The fraction of sp³-hybridized carbons (Fsp3) is 1.00. The quantitative estimate of drug-likeness (QED) is 0.682. The standard InChI is InChI=1S/C15H30O/c1-3-5-15(12-16)7-4-6-14-10-8-13(2)9-11-14/h13-16H,3-12H2,1-2H3. The Labute approximate surface area is 102 Å². The largest absolute Gasteiger partial charge is 0.396 e. The molecule has 1 aliphatic rings. The molecule has 96 valence electrons. The lowest BCUT2D eigenvalue weighted by Crippen LogP contribution is -2.13. The summed E-state index contributed by atoms with van der Waals surface area (Å²) in [5.74, 6) is 2.55. The highest BCUT2D eigenvalue weighted by Crippen LogP contribution is 2.32. The fourth-order valence-corrected chi connectivity index (χ4v) is 3.05. The minimum absolute atomic E-state index is 0.398. The van der Waals surface area contributed by atoms with Crippen LogP contribution in [0.1, 0.15) is 71.6 Å². The number of aliphatic hydroxyl groups is 1. The van der Waals surface area contributed by atoms with Gasteiger partial charge in [-0.25, -0.2) is 0 Å². The van der Waals surface area contributed by atoms with Crippen LogP contribution < -0.4 is 0 Å². The van der Waals surface area contributed by atoms with Gasteiger partial charge in [-0.2, -0.15) is 0 Å². The molecule has 1 atom stereocenters. The Balaban J connectivity index is 2.05. The lowest BCUT2D eigenvalue weighted by Gasteiger charge is -2.26. The number of hydrogen-bond donors (Lipinski definition) is 1. The molecule has 1 unspecified atom stereocenters. The first-order valence-electron chi connectivity index (χ1n) is 7.37. The van der Waals surface area contributed by atoms with Gasteiger partial charge in [-0.15, -0.1) is 0 Å². The Morgan fingerprint density at radius 2 is 1.81 bits per heavy atom. The normalized spacial score (nSPS) is 27.9. The summed E-state index contributed by atoms with van der Waals surface area (Å²) in [5.41, 5.74) is 0. The molecule has 16 heavy (non-hydrogen) atoms. The molecule has 1 aliphatic carbocycles. The minimum Gasteiger partial charge on any atom is -0.396 e. The second kappa shape index (κ2) is 8.11. The monoisotopic (exact) mass is 226 g/mol. The van der Waals surface area contributed by atoms with Gasteiger partial charge < -0.3 is 5.11 Å². The third kappa shape index (κ3) is 5.34. The highest BCUT2D eigenvalue weighted by molar-refractivity contribution is 4.70. The molecule has 1 heteroatoms. The van der Waals surface area contributed by atoms with Crippen LogP contribution in [0.3, 0.4) is 0 Å². The molecule has 1 fully saturated rings. The van der Waals surface area contributed by atoms with Gasteiger partial charge in [0.2, 0.25) is 0 Å². The molecule has 0 aromatic heterocycles. The second-order valence-electron chi connectivity index (χ2n) is 5.89. The van der Waals surface area contributed by atoms with Crippen LogP contribution in [0.25, 0.3) is 0 Å². The van der Waals surface area contributed by atoms with E-state index >= 15 is 0 Å². The Morgan fingerprint density at radius 3 is 2.38 bits per heavy atom. The smallest absolute Gasteiger partial charge is 0.0459 e. The van der Waals surface area contributed by atoms with Gasteiger partial charge in [0.15, 0.2) is 0 Å². The van der Waals surface area contributed by atoms with E-state index in [0.717, 1.165) is 11.8 Å². The van der Waals surface area contributed by atoms with Gasteiger partial charge in [-0.3, -0.25) is 0 Å². The summed E-state index contributed by atoms with van der Waals surface area (Å²) in [6.45, 7) is 5.00. The molecule has 1 N–H and O–H groups in total. The first-order chi connectivity index (χ1) is 7.76. The molecule has 1 nitrogen and oxygen atoms in total. The zero-order chi connectivity index (χ0) is 11.8. The van der Waals surface area contributed by atoms with Gasteiger partial charge in [-0.1, -0.05) is 58.8 Å². The van der Waals surface area contributed by atoms with Gasteiger partial charge in [0.1, 0.15) is 0 Å². The molecule has 0 aliphatic heterocycles. The van der Waals surface area contributed by atoms with Gasteiger partial charge in [0, 0.05) is 6.61 Å². The summed E-state index contributed by atoms with van der Waals surface area (Å²) in [6, 6.07) is 0. The number of hydrogen-bond acceptors (Lipinski definition) is 1. The van der Waals surface area contributed by atoms with Crippen LogP contribution in [-0.4, -0.2) is 11.7 Å². The van der Waals surface area contributed by atoms with Crippen LogP contribution in [0.15, 0.2) is 0 Å². The van der Waals surface area contributed by atoms with Crippen LogP contribution in [0.4, 0.5) is 0 Å². The van der Waals surface area contributed by atoms with Crippen LogP contribution in [0, 0.1) is 17.8 Å². The topological polar surface area (TPSA) is 20.2 Å². The van der Waals surface area contributed by atoms with Crippen molar-refractivity contribution in [3.05, 3.63) is 0 Å². The van der Waals surface area contributed by atoms with Gasteiger partial charge >= 0.3 is 0 Å². The lowest BCUT2D eigenvalue weighted by atomic mass is 9.80. The van der Waals surface area contributed by atoms with E-state index < -0.39 is 0 Å². The molecule has 0 heterocycles. The molecule has 0 saturated heterocycles. The highest BCUT2D eigenvalue weighted by Gasteiger charge is 2.18. The second-order valence-corrected chi connectivity index (χ2v) is 5.89. The van der Waals surface area contributed by atoms with Crippen molar-refractivity contribution >= 4 is 0 Å². The fourth-order valence-electron chi connectivity index (χ4n) is 3.05. The van der Waals surface area contributed by atoms with E-state index in [2.05, 4.69) is 13.8 Å². The maximum atomic E-state index is 9.23. The summed E-state index contributed by atoms with van der Waals surface area (Å²) in [7, 11) is 0. The van der Waals surface area contributed by atoms with E-state index in [4.69, 9.17) is 0 Å². The summed E-state index contributed by atoms with van der Waals surface area (Å²) in [5, 5.41) is 9.23. The van der Waals surface area contributed by atoms with Crippen molar-refractivity contribution in [1.82, 2.24) is 0 Å². The number of aliphatic hydroxyl groups excluding tert-OH is 1. The average molecular weight is 226 g/mol. The van der Waals surface area contributed by atoms with Gasteiger partial charge in [0.05, 0.1) is 0 Å². The predicted octanol–water partition coefficient (Wildman–Crippen LogP) is 4.39. The molecule has 0 spiro atoms. The molecule has 0 radical (unpaired) electrons. The molecule has 1 saturated carbocycles. The number of rotatable bonds is 7. The maximum Gasteiger partial charge on any atom is 0.0459 e. The van der Waals surface area contributed by atoms with E-state index in [1.165, 1.54) is 57.8 Å². The van der Waals surface area contributed by atoms with Crippen molar-refractivity contribution in [2.45, 2.75) is 71.6 Å². The Hall–Kier alpha value is -0.0400. The Bertz CT molecular complexity index is 159. The van der Waals surface area contributed by atoms with E-state index in [-0.39, 0.29) is 0 Å². The summed E-state index contributed by atoms with van der Waals surface area (Å²) < 4.78 is 0. The third-order valence-electron chi connectivity index (χ3n) is 4.32. The first-order valence-corrected chi connectivity index (χ1v) is 7.37. The summed E-state index contributed by atoms with van der Waals surface area (Å²) in [4.78, 5) is 0. The first kappa shape index (κ1) is 14.0. The molecule has 0 bridgehead atoms. The zero-order valence-electron chi connectivity index (χ0n) is 11.3. The van der Waals surface area contributed by atoms with E-state index in [1.807, 2.05) is 0 Å². The SMILES string of the molecule is CCCC(CO)CCCC1CCC(C)CC1. The van der Waals surface area contributed by atoms with Crippen LogP contribution in [0.5, 0.6) is 0 Å². The van der Waals surface area contributed by atoms with Gasteiger partial charge in [0.25, 0.3) is 0 Å². The zero-order valence-corrected chi connectivity index (χ0v) is 11.3. The van der Waals surface area contributed by atoms with Crippen molar-refractivity contribution in [3.63, 3.8) is 0 Å². The van der Waals surface area contributed by atoms with E-state index in [9.17, 15) is 5.11 Å². The van der Waals surface area contributed by atoms with Crippen LogP contribution >= 0.6 is 0 Å². The van der Waals surface area contributed by atoms with Crippen LogP contribution in [-0.2, 0) is 0 Å². The molecule has 0 amide bonds. The Kier molecular flexibility index (Phi) is 7.11. The minimum atomic E-state index is 0.398. The average Bonchev–Trinajstić information content (AvgIpc) is 2.30. The highest BCUT2D eigenvalue weighted by atomic mass is 16.3. The lowest BCUT2D eigenvalue weighted by molar-refractivity contribution is 0.199. The molecule has 0 aromatic carbocycles. The van der Waals surface area contributed by atoms with Crippen molar-refractivity contribution in [3.8, 4) is 0 Å². The Morgan fingerprint density at radius 1 is 1.12 bits per heavy atom. The third-order valence-corrected chi connectivity index (χ3v) is 4.32.